The summed E-state index contributed by atoms with van der Waals surface area (Å²) < 4.78 is 13.8. The normalized spacial score (nSPS) is 17.7. The molecule has 3 aromatic heterocycles. The van der Waals surface area contributed by atoms with Crippen molar-refractivity contribution in [1.82, 2.24) is 19.5 Å². The van der Waals surface area contributed by atoms with Crippen LogP contribution in [0.3, 0.4) is 0 Å². The van der Waals surface area contributed by atoms with E-state index in [0.717, 1.165) is 61.0 Å². The van der Waals surface area contributed by atoms with Crippen LogP contribution in [0.5, 0.6) is 17.4 Å². The summed E-state index contributed by atoms with van der Waals surface area (Å²) in [5.74, 6) is 1.99. The smallest absolute Gasteiger partial charge is 0.311 e. The van der Waals surface area contributed by atoms with Crippen LogP contribution in [0.4, 0.5) is 5.69 Å². The summed E-state index contributed by atoms with van der Waals surface area (Å²) in [4.78, 5) is 25.7. The summed E-state index contributed by atoms with van der Waals surface area (Å²) in [5.41, 5.74) is 8.14. The maximum Gasteiger partial charge on any atom is 0.311 e. The number of benzene rings is 1. The molecule has 0 unspecified atom stereocenters. The van der Waals surface area contributed by atoms with Gasteiger partial charge in [0.2, 0.25) is 5.88 Å². The number of nitrogen functional groups attached to an aromatic ring is 1. The van der Waals surface area contributed by atoms with Crippen LogP contribution in [0.2, 0.25) is 0 Å². The largest absolute Gasteiger partial charge is 0.436 e. The fraction of sp³-hybridized carbons (Fsp3) is 0.357. The molecular weight excluding hydrogens is 454 g/mol. The van der Waals surface area contributed by atoms with E-state index >= 15 is 0 Å². The monoisotopic (exact) mass is 485 g/mol. The Balaban J connectivity index is 1.19. The molecule has 0 amide bonds. The highest BCUT2D eigenvalue weighted by Gasteiger charge is 2.25. The van der Waals surface area contributed by atoms with E-state index in [2.05, 4.69) is 32.6 Å². The lowest BCUT2D eigenvalue weighted by Crippen LogP contribution is -2.19. The number of esters is 1. The van der Waals surface area contributed by atoms with E-state index in [0.29, 0.717) is 35.7 Å². The number of aryl methyl sites for hydroxylation is 1. The zero-order valence-electron chi connectivity index (χ0n) is 20.5. The molecule has 4 aromatic rings. The summed E-state index contributed by atoms with van der Waals surface area (Å²) in [6, 6.07) is 13.3. The molecule has 0 spiro atoms. The van der Waals surface area contributed by atoms with Crippen LogP contribution in [0.1, 0.15) is 57.2 Å². The molecule has 3 heterocycles. The first kappa shape index (κ1) is 23.8. The van der Waals surface area contributed by atoms with Gasteiger partial charge in [0.1, 0.15) is 12.0 Å². The zero-order valence-corrected chi connectivity index (χ0v) is 20.5. The zero-order chi connectivity index (χ0) is 24.9. The van der Waals surface area contributed by atoms with Crippen LogP contribution in [0.25, 0.3) is 11.0 Å². The van der Waals surface area contributed by atoms with Crippen molar-refractivity contribution in [2.45, 2.75) is 57.9 Å². The molecule has 1 saturated carbocycles. The number of nitrogens with two attached hydrogens (primary N) is 1. The van der Waals surface area contributed by atoms with Gasteiger partial charge in [-0.25, -0.2) is 9.97 Å². The molecule has 0 aliphatic heterocycles. The Morgan fingerprint density at radius 3 is 2.64 bits per heavy atom. The first-order valence-electron chi connectivity index (χ1n) is 12.6. The van der Waals surface area contributed by atoms with Gasteiger partial charge >= 0.3 is 5.97 Å². The maximum atomic E-state index is 12.3. The van der Waals surface area contributed by atoms with Gasteiger partial charge in [-0.1, -0.05) is 19.1 Å². The van der Waals surface area contributed by atoms with E-state index < -0.39 is 0 Å². The van der Waals surface area contributed by atoms with E-state index in [1.807, 2.05) is 30.3 Å². The Hall–Kier alpha value is -3.94. The third-order valence-corrected chi connectivity index (χ3v) is 6.97. The Kier molecular flexibility index (Phi) is 7.11. The summed E-state index contributed by atoms with van der Waals surface area (Å²) >= 11 is 0. The molecule has 8 nitrogen and oxygen atoms in total. The summed E-state index contributed by atoms with van der Waals surface area (Å²) in [6.07, 6.45) is 11.6. The molecule has 8 heteroatoms. The average molecular weight is 486 g/mol. The Bertz CT molecular complexity index is 1340. The van der Waals surface area contributed by atoms with Crippen molar-refractivity contribution in [3.63, 3.8) is 0 Å². The van der Waals surface area contributed by atoms with Crippen molar-refractivity contribution < 1.29 is 14.3 Å². The third kappa shape index (κ3) is 5.17. The van der Waals surface area contributed by atoms with Gasteiger partial charge < -0.3 is 19.8 Å². The van der Waals surface area contributed by atoms with Crippen LogP contribution in [-0.2, 0) is 11.2 Å². The molecule has 1 aliphatic carbocycles. The molecule has 0 bridgehead atoms. The number of fused-ring (bicyclic) bond motifs is 1. The molecule has 36 heavy (non-hydrogen) atoms. The van der Waals surface area contributed by atoms with Crippen molar-refractivity contribution in [3.05, 3.63) is 66.9 Å². The van der Waals surface area contributed by atoms with Crippen LogP contribution in [0, 0.1) is 5.92 Å². The lowest BCUT2D eigenvalue weighted by molar-refractivity contribution is -0.134. The second-order valence-electron chi connectivity index (χ2n) is 9.27. The highest BCUT2D eigenvalue weighted by molar-refractivity contribution is 5.81. The van der Waals surface area contributed by atoms with Crippen molar-refractivity contribution in [2.75, 3.05) is 5.73 Å². The van der Waals surface area contributed by atoms with Gasteiger partial charge in [0.05, 0.1) is 16.8 Å². The second kappa shape index (κ2) is 10.8. The molecular formula is C28H31N5O3. The number of para-hydroxylation sites is 2. The van der Waals surface area contributed by atoms with E-state index in [1.54, 1.807) is 24.7 Å². The third-order valence-electron chi connectivity index (χ3n) is 6.97. The number of aromatic nitrogens is 4. The minimum absolute atomic E-state index is 0.226. The first-order chi connectivity index (χ1) is 17.6. The molecule has 0 radical (unpaired) electrons. The molecule has 0 atom stereocenters. The van der Waals surface area contributed by atoms with E-state index in [-0.39, 0.29) is 5.97 Å². The van der Waals surface area contributed by atoms with E-state index in [1.165, 1.54) is 0 Å². The van der Waals surface area contributed by atoms with E-state index in [4.69, 9.17) is 15.2 Å². The number of ether oxygens (including phenoxy) is 2. The lowest BCUT2D eigenvalue weighted by Gasteiger charge is -2.29. The highest BCUT2D eigenvalue weighted by atomic mass is 16.5. The van der Waals surface area contributed by atoms with Crippen molar-refractivity contribution in [1.29, 1.82) is 0 Å². The predicted octanol–water partition coefficient (Wildman–Crippen LogP) is 5.88. The minimum atomic E-state index is -0.226. The van der Waals surface area contributed by atoms with Gasteiger partial charge in [0.25, 0.3) is 0 Å². The number of hydrogen-bond acceptors (Lipinski definition) is 7. The first-order valence-corrected chi connectivity index (χ1v) is 12.6. The number of nitrogens with zero attached hydrogens (tertiary/aromatic N) is 4. The second-order valence-corrected chi connectivity index (χ2v) is 9.27. The Morgan fingerprint density at radius 1 is 1.03 bits per heavy atom. The number of carbonyl (C=O) groups excluding carboxylic acids is 1. The SMILES string of the molecule is CCc1ncccc1Oc1ncnc2c1ccn2C1CCC(CCC(=O)Oc2ccccc2N)CC1. The standard InChI is InChI=1S/C28H31N5O3/c1-2-23-25(8-5-16-30-23)36-28-21-15-17-33(27(21)31-18-32-28)20-12-9-19(10-13-20)11-14-26(34)35-24-7-4-3-6-22(24)29/h3-8,15-20H,2,9-14,29H2,1H3. The fourth-order valence-electron chi connectivity index (χ4n) is 4.99. The van der Waals surface area contributed by atoms with Crippen LogP contribution in [-0.4, -0.2) is 25.5 Å². The molecule has 0 saturated heterocycles. The van der Waals surface area contributed by atoms with Crippen molar-refractivity contribution in [3.8, 4) is 17.4 Å². The van der Waals surface area contributed by atoms with Crippen LogP contribution in [0.15, 0.2) is 61.2 Å². The average Bonchev–Trinajstić information content (AvgIpc) is 3.35. The Labute approximate surface area is 210 Å². The van der Waals surface area contributed by atoms with Gasteiger partial charge in [0.15, 0.2) is 11.5 Å². The number of anilines is 1. The van der Waals surface area contributed by atoms with Crippen LogP contribution < -0.4 is 15.2 Å². The van der Waals surface area contributed by atoms with Gasteiger partial charge in [-0.05, 0) is 74.8 Å². The molecule has 1 fully saturated rings. The molecule has 1 aromatic carbocycles. The van der Waals surface area contributed by atoms with Crippen molar-refractivity contribution >= 4 is 22.7 Å². The van der Waals surface area contributed by atoms with Gasteiger partial charge in [0, 0.05) is 24.9 Å². The predicted molar refractivity (Wildman–Crippen MR) is 138 cm³/mol. The van der Waals surface area contributed by atoms with Gasteiger partial charge in [-0.2, -0.15) is 0 Å². The Morgan fingerprint density at radius 2 is 1.83 bits per heavy atom. The number of hydrogen-bond donors (Lipinski definition) is 1. The van der Waals surface area contributed by atoms with Gasteiger partial charge in [-0.15, -0.1) is 0 Å². The van der Waals surface area contributed by atoms with Gasteiger partial charge in [-0.3, -0.25) is 9.78 Å². The van der Waals surface area contributed by atoms with Crippen molar-refractivity contribution in [2.24, 2.45) is 5.92 Å². The summed E-state index contributed by atoms with van der Waals surface area (Å²) in [5, 5.41) is 0.897. The maximum absolute atomic E-state index is 12.3. The number of pyridine rings is 1. The number of carbonyl (C=O) groups is 1. The molecule has 2 N–H and O–H groups in total. The molecule has 1 aliphatic rings. The number of rotatable bonds is 8. The highest BCUT2D eigenvalue weighted by Crippen LogP contribution is 2.37. The topological polar surface area (TPSA) is 105 Å². The fourth-order valence-corrected chi connectivity index (χ4v) is 4.99. The van der Waals surface area contributed by atoms with Crippen LogP contribution >= 0.6 is 0 Å². The quantitative estimate of drug-likeness (QED) is 0.189. The minimum Gasteiger partial charge on any atom is -0.436 e. The molecule has 186 valence electrons. The van der Waals surface area contributed by atoms with E-state index in [9.17, 15) is 4.79 Å². The summed E-state index contributed by atoms with van der Waals surface area (Å²) in [6.45, 7) is 2.06. The lowest BCUT2D eigenvalue weighted by atomic mass is 9.83. The molecule has 5 rings (SSSR count). The summed E-state index contributed by atoms with van der Waals surface area (Å²) in [7, 11) is 0.